The molecule has 0 atom stereocenters. The van der Waals surface area contributed by atoms with Crippen molar-refractivity contribution < 1.29 is 22.8 Å². The van der Waals surface area contributed by atoms with E-state index in [1.54, 1.807) is 18.2 Å². The second kappa shape index (κ2) is 9.94. The average Bonchev–Trinajstić information content (AvgIpc) is 2.84. The minimum Gasteiger partial charge on any atom is -0.368 e. The molecule has 11 heteroatoms. The number of likely N-dealkylation sites (N-methyl/N-ethyl adjacent to an activating group) is 1. The third-order valence-electron chi connectivity index (χ3n) is 6.04. The summed E-state index contributed by atoms with van der Waals surface area (Å²) in [5.74, 6) is -1.02. The van der Waals surface area contributed by atoms with Gasteiger partial charge in [-0.2, -0.15) is 13.2 Å². The number of rotatable bonds is 4. The monoisotopic (exact) mass is 498 g/mol. The lowest BCUT2D eigenvalue weighted by atomic mass is 10.00. The summed E-state index contributed by atoms with van der Waals surface area (Å²) in [6.07, 6.45) is -1.64. The molecule has 1 fully saturated rings. The van der Waals surface area contributed by atoms with E-state index in [0.29, 0.717) is 37.3 Å². The highest BCUT2D eigenvalue weighted by atomic mass is 19.4. The van der Waals surface area contributed by atoms with Crippen molar-refractivity contribution in [2.75, 3.05) is 44.3 Å². The van der Waals surface area contributed by atoms with E-state index >= 15 is 0 Å². The van der Waals surface area contributed by atoms with Crippen LogP contribution < -0.4 is 11.1 Å². The zero-order valence-corrected chi connectivity index (χ0v) is 19.8. The molecule has 0 aliphatic carbocycles. The van der Waals surface area contributed by atoms with Crippen LogP contribution in [0.15, 0.2) is 48.8 Å². The number of anilines is 2. The molecular formula is C25H25F3N6O2. The molecule has 0 bridgehead atoms. The molecule has 1 saturated heterocycles. The van der Waals surface area contributed by atoms with Gasteiger partial charge in [-0.3, -0.25) is 9.59 Å². The van der Waals surface area contributed by atoms with Crippen molar-refractivity contribution in [3.05, 3.63) is 71.0 Å². The molecule has 188 valence electrons. The zero-order chi connectivity index (χ0) is 26.0. The molecule has 3 aromatic rings. The largest absolute Gasteiger partial charge is 0.416 e. The van der Waals surface area contributed by atoms with Crippen molar-refractivity contribution in [3.8, 4) is 11.1 Å². The molecule has 3 N–H and O–H groups in total. The Kier molecular flexibility index (Phi) is 6.93. The Hall–Kier alpha value is -3.99. The van der Waals surface area contributed by atoms with Gasteiger partial charge in [0, 0.05) is 61.0 Å². The zero-order valence-electron chi connectivity index (χ0n) is 19.8. The van der Waals surface area contributed by atoms with Crippen LogP contribution in [-0.4, -0.2) is 64.8 Å². The van der Waals surface area contributed by atoms with Crippen LogP contribution in [0.5, 0.6) is 0 Å². The summed E-state index contributed by atoms with van der Waals surface area (Å²) in [4.78, 5) is 37.4. The summed E-state index contributed by atoms with van der Waals surface area (Å²) in [7, 11) is 1.91. The van der Waals surface area contributed by atoms with Crippen molar-refractivity contribution >= 4 is 23.5 Å². The van der Waals surface area contributed by atoms with E-state index in [-0.39, 0.29) is 22.8 Å². The highest BCUT2D eigenvalue weighted by molar-refractivity contribution is 6.06. The number of halogens is 3. The third-order valence-corrected chi connectivity index (χ3v) is 6.04. The van der Waals surface area contributed by atoms with Crippen molar-refractivity contribution in [3.63, 3.8) is 0 Å². The fraction of sp³-hybridized carbons (Fsp3) is 0.280. The summed E-state index contributed by atoms with van der Waals surface area (Å²) in [5, 5.41) is 2.51. The van der Waals surface area contributed by atoms with Crippen molar-refractivity contribution in [2.24, 2.45) is 0 Å². The minimum absolute atomic E-state index is 0.108. The van der Waals surface area contributed by atoms with Crippen LogP contribution in [0, 0.1) is 6.92 Å². The molecule has 1 aliphatic heterocycles. The van der Waals surface area contributed by atoms with E-state index in [9.17, 15) is 22.8 Å². The Morgan fingerprint density at radius 3 is 2.28 bits per heavy atom. The molecule has 2 heterocycles. The Bertz CT molecular complexity index is 1290. The number of aromatic nitrogens is 2. The van der Waals surface area contributed by atoms with E-state index in [2.05, 4.69) is 15.3 Å². The van der Waals surface area contributed by atoms with Gasteiger partial charge in [-0.05, 0) is 55.4 Å². The van der Waals surface area contributed by atoms with Gasteiger partial charge >= 0.3 is 6.18 Å². The molecule has 4 rings (SSSR count). The highest BCUT2D eigenvalue weighted by Gasteiger charge is 2.33. The third kappa shape index (κ3) is 5.62. The fourth-order valence-corrected chi connectivity index (χ4v) is 3.93. The number of nitrogen functional groups attached to an aromatic ring is 1. The first-order valence-corrected chi connectivity index (χ1v) is 11.2. The first kappa shape index (κ1) is 25.1. The van der Waals surface area contributed by atoms with Gasteiger partial charge in [-0.1, -0.05) is 6.07 Å². The Labute approximate surface area is 205 Å². The number of carbonyl (C=O) groups excluding carboxylic acids is 2. The topological polar surface area (TPSA) is 104 Å². The van der Waals surface area contributed by atoms with Gasteiger partial charge in [0.25, 0.3) is 11.8 Å². The molecule has 1 aromatic heterocycles. The van der Waals surface area contributed by atoms with E-state index in [4.69, 9.17) is 5.73 Å². The maximum atomic E-state index is 13.6. The molecule has 36 heavy (non-hydrogen) atoms. The van der Waals surface area contributed by atoms with E-state index < -0.39 is 23.6 Å². The molecule has 1 aliphatic rings. The molecule has 0 unspecified atom stereocenters. The van der Waals surface area contributed by atoms with Crippen LogP contribution in [-0.2, 0) is 6.18 Å². The highest BCUT2D eigenvalue weighted by Crippen LogP contribution is 2.33. The number of nitrogens with zero attached hydrogens (tertiary/aromatic N) is 4. The molecule has 0 spiro atoms. The van der Waals surface area contributed by atoms with Crippen LogP contribution >= 0.6 is 0 Å². The van der Waals surface area contributed by atoms with Crippen molar-refractivity contribution in [1.29, 1.82) is 0 Å². The van der Waals surface area contributed by atoms with Gasteiger partial charge in [0.05, 0.1) is 5.56 Å². The Morgan fingerprint density at radius 2 is 1.64 bits per heavy atom. The summed E-state index contributed by atoms with van der Waals surface area (Å²) < 4.78 is 40.8. The van der Waals surface area contributed by atoms with Crippen LogP contribution in [0.2, 0.25) is 0 Å². The number of alkyl halides is 3. The maximum absolute atomic E-state index is 13.6. The van der Waals surface area contributed by atoms with E-state index in [1.165, 1.54) is 23.4 Å². The lowest BCUT2D eigenvalue weighted by Crippen LogP contribution is -2.47. The van der Waals surface area contributed by atoms with Crippen LogP contribution in [0.25, 0.3) is 11.1 Å². The molecule has 8 nitrogen and oxygen atoms in total. The predicted molar refractivity (Wildman–Crippen MR) is 129 cm³/mol. The smallest absolute Gasteiger partial charge is 0.368 e. The normalized spacial score (nSPS) is 14.5. The van der Waals surface area contributed by atoms with Crippen LogP contribution in [0.1, 0.15) is 31.8 Å². The summed E-state index contributed by atoms with van der Waals surface area (Å²) >= 11 is 0. The maximum Gasteiger partial charge on any atom is 0.416 e. The number of nitrogens with one attached hydrogen (secondary N) is 1. The van der Waals surface area contributed by atoms with E-state index in [0.717, 1.165) is 17.7 Å². The SMILES string of the molecule is Cc1ccc(C(=O)Nc2cc(C(=O)N3CCN(C)CC3)cc(C(F)(F)F)c2)cc1-c1cnc(N)nc1. The number of carbonyl (C=O) groups is 2. The molecular weight excluding hydrogens is 473 g/mol. The first-order chi connectivity index (χ1) is 17.0. The van der Waals surface area contributed by atoms with Gasteiger partial charge in [0.1, 0.15) is 0 Å². The predicted octanol–water partition coefficient (Wildman–Crippen LogP) is 3.69. The Morgan fingerprint density at radius 1 is 0.972 bits per heavy atom. The van der Waals surface area contributed by atoms with Crippen molar-refractivity contribution in [2.45, 2.75) is 13.1 Å². The van der Waals surface area contributed by atoms with Gasteiger partial charge in [-0.15, -0.1) is 0 Å². The summed E-state index contributed by atoms with van der Waals surface area (Å²) in [6.45, 7) is 3.92. The fourth-order valence-electron chi connectivity index (χ4n) is 3.93. The number of nitrogens with two attached hydrogens (primary N) is 1. The molecule has 2 aromatic carbocycles. The number of amides is 2. The summed E-state index contributed by atoms with van der Waals surface area (Å²) in [5.41, 5.74) is 6.66. The van der Waals surface area contributed by atoms with Gasteiger partial charge in [0.15, 0.2) is 0 Å². The average molecular weight is 499 g/mol. The standard InChI is InChI=1S/C25H25F3N6O2/c1-15-3-4-16(11-21(15)18-13-30-24(29)31-14-18)22(35)32-20-10-17(9-19(12-20)25(26,27)28)23(36)34-7-5-33(2)6-8-34/h3-4,9-14H,5-8H2,1-2H3,(H,32,35)(H2,29,30,31). The molecule has 0 radical (unpaired) electrons. The van der Waals surface area contributed by atoms with Gasteiger partial charge < -0.3 is 20.9 Å². The number of aryl methyl sites for hydroxylation is 1. The second-order valence-electron chi connectivity index (χ2n) is 8.71. The van der Waals surface area contributed by atoms with Crippen molar-refractivity contribution in [1.82, 2.24) is 19.8 Å². The molecule has 0 saturated carbocycles. The molecule has 2 amide bonds. The second-order valence-corrected chi connectivity index (χ2v) is 8.71. The number of hydrogen-bond acceptors (Lipinski definition) is 6. The number of benzene rings is 2. The number of hydrogen-bond donors (Lipinski definition) is 2. The first-order valence-electron chi connectivity index (χ1n) is 11.2. The summed E-state index contributed by atoms with van der Waals surface area (Å²) in [6, 6.07) is 7.80. The van der Waals surface area contributed by atoms with Crippen LogP contribution in [0.4, 0.5) is 24.8 Å². The van der Waals surface area contributed by atoms with E-state index in [1.807, 2.05) is 18.9 Å². The number of piperazine rings is 1. The minimum atomic E-state index is -4.69. The quantitative estimate of drug-likeness (QED) is 0.569. The Balaban J connectivity index is 1.63. The van der Waals surface area contributed by atoms with Gasteiger partial charge in [0.2, 0.25) is 5.95 Å². The van der Waals surface area contributed by atoms with Crippen LogP contribution in [0.3, 0.4) is 0 Å². The van der Waals surface area contributed by atoms with Gasteiger partial charge in [-0.25, -0.2) is 9.97 Å². The lowest BCUT2D eigenvalue weighted by Gasteiger charge is -2.32. The lowest BCUT2D eigenvalue weighted by molar-refractivity contribution is -0.137.